The van der Waals surface area contributed by atoms with Crippen molar-refractivity contribution in [2.45, 2.75) is 52.1 Å². The molecular formula is C21H25NO5. The highest BCUT2D eigenvalue weighted by Gasteiger charge is 2.18. The summed E-state index contributed by atoms with van der Waals surface area (Å²) in [6, 6.07) is 10.8. The average molecular weight is 371 g/mol. The largest absolute Gasteiger partial charge is 0.490 e. The van der Waals surface area contributed by atoms with Gasteiger partial charge in [-0.05, 0) is 49.6 Å². The minimum absolute atomic E-state index is 0.0119. The van der Waals surface area contributed by atoms with Gasteiger partial charge in [0.1, 0.15) is 5.75 Å². The Morgan fingerprint density at radius 2 is 1.85 bits per heavy atom. The molecule has 1 atom stereocenters. The summed E-state index contributed by atoms with van der Waals surface area (Å²) in [5, 5.41) is 20.5. The van der Waals surface area contributed by atoms with Crippen molar-refractivity contribution in [3.63, 3.8) is 0 Å². The zero-order valence-corrected chi connectivity index (χ0v) is 15.7. The van der Waals surface area contributed by atoms with Gasteiger partial charge >= 0.3 is 5.97 Å². The Morgan fingerprint density at radius 1 is 1.15 bits per heavy atom. The fourth-order valence-corrected chi connectivity index (χ4v) is 2.92. The van der Waals surface area contributed by atoms with E-state index in [9.17, 15) is 14.9 Å². The van der Waals surface area contributed by atoms with Gasteiger partial charge in [0.2, 0.25) is 0 Å². The first kappa shape index (κ1) is 20.4. The highest BCUT2D eigenvalue weighted by atomic mass is 16.6. The zero-order valence-electron chi connectivity index (χ0n) is 15.7. The van der Waals surface area contributed by atoms with E-state index in [4.69, 9.17) is 9.84 Å². The number of benzene rings is 2. The highest BCUT2D eigenvalue weighted by molar-refractivity contribution is 5.88. The molecule has 0 amide bonds. The smallest absolute Gasteiger partial charge is 0.335 e. The quantitative estimate of drug-likeness (QED) is 0.329. The van der Waals surface area contributed by atoms with E-state index in [0.717, 1.165) is 19.3 Å². The second kappa shape index (κ2) is 9.71. The van der Waals surface area contributed by atoms with Crippen LogP contribution in [-0.2, 0) is 0 Å². The van der Waals surface area contributed by atoms with Crippen molar-refractivity contribution < 1.29 is 19.6 Å². The summed E-state index contributed by atoms with van der Waals surface area (Å²) in [5.41, 5.74) is 1.10. The van der Waals surface area contributed by atoms with Crippen molar-refractivity contribution in [2.75, 3.05) is 0 Å². The molecule has 0 aliphatic carbocycles. The number of nitro benzene ring substituents is 1. The number of rotatable bonds is 10. The molecule has 0 spiro atoms. The second-order valence-electron chi connectivity index (χ2n) is 6.60. The molecule has 2 rings (SSSR count). The lowest BCUT2D eigenvalue weighted by Crippen LogP contribution is -2.11. The van der Waals surface area contributed by atoms with Crippen LogP contribution in [0.3, 0.4) is 0 Å². The lowest BCUT2D eigenvalue weighted by molar-refractivity contribution is -0.384. The maximum Gasteiger partial charge on any atom is 0.335 e. The van der Waals surface area contributed by atoms with Crippen molar-refractivity contribution in [3.05, 3.63) is 58.1 Å². The van der Waals surface area contributed by atoms with E-state index in [-0.39, 0.29) is 17.4 Å². The van der Waals surface area contributed by atoms with Crippen LogP contribution in [-0.4, -0.2) is 22.1 Å². The molecule has 2 aromatic rings. The third kappa shape index (κ3) is 5.81. The maximum absolute atomic E-state index is 11.5. The molecule has 27 heavy (non-hydrogen) atoms. The van der Waals surface area contributed by atoms with Gasteiger partial charge in [-0.15, -0.1) is 0 Å². The summed E-state index contributed by atoms with van der Waals surface area (Å²) in [6.07, 6.45) is 5.51. The van der Waals surface area contributed by atoms with Gasteiger partial charge in [0.15, 0.2) is 0 Å². The third-order valence-electron chi connectivity index (χ3n) is 4.41. The van der Waals surface area contributed by atoms with E-state index >= 15 is 0 Å². The Hall–Kier alpha value is -2.89. The van der Waals surface area contributed by atoms with Gasteiger partial charge in [0.05, 0.1) is 28.2 Å². The Labute approximate surface area is 158 Å². The normalized spacial score (nSPS) is 11.8. The predicted molar refractivity (Wildman–Crippen MR) is 104 cm³/mol. The van der Waals surface area contributed by atoms with Gasteiger partial charge in [-0.25, -0.2) is 4.79 Å². The van der Waals surface area contributed by atoms with Crippen LogP contribution in [0.4, 0.5) is 5.69 Å². The summed E-state index contributed by atoms with van der Waals surface area (Å²) < 4.78 is 5.84. The number of unbranched alkanes of at least 4 members (excludes halogenated alkanes) is 3. The fourth-order valence-electron chi connectivity index (χ4n) is 2.92. The average Bonchev–Trinajstić information content (AvgIpc) is 2.65. The zero-order chi connectivity index (χ0) is 19.8. The predicted octanol–water partition coefficient (Wildman–Crippen LogP) is 5.70. The molecular weight excluding hydrogens is 346 g/mol. The summed E-state index contributed by atoms with van der Waals surface area (Å²) in [7, 11) is 0. The monoisotopic (exact) mass is 371 g/mol. The summed E-state index contributed by atoms with van der Waals surface area (Å²) in [6.45, 7) is 4.13. The minimum atomic E-state index is -1.03. The van der Waals surface area contributed by atoms with Crippen LogP contribution in [0.15, 0.2) is 42.5 Å². The van der Waals surface area contributed by atoms with Crippen LogP contribution in [0.1, 0.15) is 56.3 Å². The van der Waals surface area contributed by atoms with Gasteiger partial charge in [0.25, 0.3) is 5.69 Å². The van der Waals surface area contributed by atoms with Crippen molar-refractivity contribution in [2.24, 2.45) is 0 Å². The number of carbonyl (C=O) groups is 1. The van der Waals surface area contributed by atoms with Crippen LogP contribution < -0.4 is 4.74 Å². The van der Waals surface area contributed by atoms with Crippen molar-refractivity contribution in [1.82, 2.24) is 0 Å². The van der Waals surface area contributed by atoms with Gasteiger partial charge < -0.3 is 9.84 Å². The van der Waals surface area contributed by atoms with Crippen LogP contribution >= 0.6 is 0 Å². The lowest BCUT2D eigenvalue weighted by Gasteiger charge is -2.15. The number of hydrogen-bond acceptors (Lipinski definition) is 4. The molecule has 0 saturated heterocycles. The number of nitrogens with zero attached hydrogens (tertiary/aromatic N) is 1. The number of hydrogen-bond donors (Lipinski definition) is 1. The van der Waals surface area contributed by atoms with Crippen molar-refractivity contribution in [1.29, 1.82) is 0 Å². The molecule has 6 nitrogen and oxygen atoms in total. The van der Waals surface area contributed by atoms with E-state index < -0.39 is 10.9 Å². The van der Waals surface area contributed by atoms with Crippen LogP contribution in [0.25, 0.3) is 11.1 Å². The van der Waals surface area contributed by atoms with Crippen molar-refractivity contribution in [3.8, 4) is 16.9 Å². The van der Waals surface area contributed by atoms with Gasteiger partial charge in [0, 0.05) is 0 Å². The molecule has 2 aromatic carbocycles. The fraction of sp³-hybridized carbons (Fsp3) is 0.381. The molecule has 0 aromatic heterocycles. The first-order chi connectivity index (χ1) is 12.9. The molecule has 144 valence electrons. The first-order valence-electron chi connectivity index (χ1n) is 9.21. The van der Waals surface area contributed by atoms with Gasteiger partial charge in [-0.1, -0.05) is 38.3 Å². The van der Waals surface area contributed by atoms with E-state index in [0.29, 0.717) is 16.9 Å². The topological polar surface area (TPSA) is 89.7 Å². The van der Waals surface area contributed by atoms with E-state index in [1.165, 1.54) is 31.0 Å². The lowest BCUT2D eigenvalue weighted by atomic mass is 10.0. The molecule has 0 radical (unpaired) electrons. The first-order valence-corrected chi connectivity index (χ1v) is 9.21. The maximum atomic E-state index is 11.5. The van der Waals surface area contributed by atoms with Crippen LogP contribution in [0.2, 0.25) is 0 Å². The summed E-state index contributed by atoms with van der Waals surface area (Å²) in [4.78, 5) is 22.0. The summed E-state index contributed by atoms with van der Waals surface area (Å²) >= 11 is 0. The van der Waals surface area contributed by atoms with E-state index in [2.05, 4.69) is 6.92 Å². The molecule has 1 unspecified atom stereocenters. The van der Waals surface area contributed by atoms with Crippen LogP contribution in [0, 0.1) is 10.1 Å². The Balaban J connectivity index is 2.16. The molecule has 0 fully saturated rings. The number of aromatic carboxylic acids is 1. The van der Waals surface area contributed by atoms with Crippen molar-refractivity contribution >= 4 is 11.7 Å². The number of ether oxygens (including phenoxy) is 1. The SMILES string of the molecule is CCCCCCC(C)Oc1ccc(-c2ccc(C(=O)O)cc2)c([N+](=O)[O-])c1. The molecule has 0 aliphatic rings. The number of nitro groups is 1. The standard InChI is InChI=1S/C21H25NO5/c1-3-4-5-6-7-15(2)27-18-12-13-19(20(14-18)22(25)26)16-8-10-17(11-9-16)21(23)24/h8-15H,3-7H2,1-2H3,(H,23,24). The Morgan fingerprint density at radius 3 is 2.44 bits per heavy atom. The van der Waals surface area contributed by atoms with Gasteiger partial charge in [-0.3, -0.25) is 10.1 Å². The third-order valence-corrected chi connectivity index (χ3v) is 4.41. The summed E-state index contributed by atoms with van der Waals surface area (Å²) in [5.74, 6) is -0.566. The van der Waals surface area contributed by atoms with Crippen LogP contribution in [0.5, 0.6) is 5.75 Å². The minimum Gasteiger partial charge on any atom is -0.490 e. The number of carboxylic acid groups (broad SMARTS) is 1. The molecule has 1 N–H and O–H groups in total. The molecule has 0 heterocycles. The molecule has 6 heteroatoms. The highest BCUT2D eigenvalue weighted by Crippen LogP contribution is 2.33. The molecule has 0 aliphatic heterocycles. The Bertz CT molecular complexity index is 786. The Kier molecular flexibility index (Phi) is 7.34. The number of carboxylic acids is 1. The van der Waals surface area contributed by atoms with E-state index in [1.807, 2.05) is 6.92 Å². The second-order valence-corrected chi connectivity index (χ2v) is 6.60. The van der Waals surface area contributed by atoms with E-state index in [1.54, 1.807) is 24.3 Å². The molecule has 0 bridgehead atoms. The molecule has 0 saturated carbocycles. The van der Waals surface area contributed by atoms with Gasteiger partial charge in [-0.2, -0.15) is 0 Å².